The summed E-state index contributed by atoms with van der Waals surface area (Å²) in [4.78, 5) is 9.58. The van der Waals surface area contributed by atoms with Gasteiger partial charge < -0.3 is 14.5 Å². The number of nitrogens with zero attached hydrogens (tertiary/aromatic N) is 4. The van der Waals surface area contributed by atoms with Crippen LogP contribution in [0.3, 0.4) is 0 Å². The van der Waals surface area contributed by atoms with Crippen molar-refractivity contribution in [3.63, 3.8) is 0 Å². The highest BCUT2D eigenvalue weighted by Crippen LogP contribution is 2.46. The maximum atomic E-state index is 6.55. The Morgan fingerprint density at radius 1 is 0.529 bits per heavy atom. The van der Waals surface area contributed by atoms with Crippen LogP contribution in [0, 0.1) is 41.5 Å². The summed E-state index contributed by atoms with van der Waals surface area (Å²) < 4.78 is 8.70. The number of hydrogen-bond acceptors (Lipinski definition) is 4. The fourth-order valence-electron chi connectivity index (χ4n) is 7.95. The second-order valence-corrected chi connectivity index (χ2v) is 13.8. The van der Waals surface area contributed by atoms with E-state index in [0.29, 0.717) is 0 Å². The van der Waals surface area contributed by atoms with Crippen molar-refractivity contribution in [1.82, 2.24) is 9.55 Å². The minimum atomic E-state index is 0.718. The lowest BCUT2D eigenvalue weighted by molar-refractivity contribution is 0.483. The number of imidazole rings is 1. The molecule has 1 aliphatic rings. The Kier molecular flexibility index (Phi) is 8.19. The number of rotatable bonds is 7. The zero-order chi connectivity index (χ0) is 35.2. The van der Waals surface area contributed by atoms with Gasteiger partial charge >= 0.3 is 0 Å². The number of benzene rings is 6. The van der Waals surface area contributed by atoms with Gasteiger partial charge in [-0.05, 0) is 123 Å². The van der Waals surface area contributed by atoms with Crippen LogP contribution < -0.4 is 14.5 Å². The van der Waals surface area contributed by atoms with E-state index in [9.17, 15) is 0 Å². The topological polar surface area (TPSA) is 33.5 Å². The number of ether oxygens (including phenoxy) is 1. The highest BCUT2D eigenvalue weighted by Gasteiger charge is 2.29. The van der Waals surface area contributed by atoms with Crippen molar-refractivity contribution < 1.29 is 4.74 Å². The van der Waals surface area contributed by atoms with Gasteiger partial charge in [0.1, 0.15) is 24.0 Å². The Bertz CT molecular complexity index is 2380. The molecule has 0 saturated carbocycles. The molecule has 8 rings (SSSR count). The third-order valence-electron chi connectivity index (χ3n) is 9.84. The van der Waals surface area contributed by atoms with Crippen molar-refractivity contribution in [2.45, 2.75) is 41.5 Å². The van der Waals surface area contributed by atoms with Gasteiger partial charge in [0.25, 0.3) is 0 Å². The Hall–Kier alpha value is -6.07. The first-order valence-corrected chi connectivity index (χ1v) is 17.6. The molecule has 2 heterocycles. The molecule has 0 spiro atoms. The summed E-state index contributed by atoms with van der Waals surface area (Å²) in [6.07, 6.45) is 3.88. The summed E-state index contributed by atoms with van der Waals surface area (Å²) in [5.74, 6) is 2.40. The van der Waals surface area contributed by atoms with Crippen molar-refractivity contribution in [1.29, 1.82) is 0 Å². The van der Waals surface area contributed by atoms with Gasteiger partial charge in [0, 0.05) is 41.1 Å². The Morgan fingerprint density at radius 2 is 1.12 bits per heavy atom. The molecule has 7 aromatic rings. The monoisotopic (exact) mass is 666 g/mol. The van der Waals surface area contributed by atoms with Crippen molar-refractivity contribution in [2.24, 2.45) is 0 Å². The predicted molar refractivity (Wildman–Crippen MR) is 211 cm³/mol. The van der Waals surface area contributed by atoms with E-state index < -0.39 is 0 Å². The smallest absolute Gasteiger partial charge is 0.144 e. The highest BCUT2D eigenvalue weighted by atomic mass is 16.5. The fraction of sp³-hybridized carbons (Fsp3) is 0.152. The summed E-state index contributed by atoms with van der Waals surface area (Å²) >= 11 is 0. The molecule has 0 aliphatic carbocycles. The van der Waals surface area contributed by atoms with Gasteiger partial charge in [0.2, 0.25) is 0 Å². The SMILES string of the molecule is Cc1cc(C)c(-c2cccc(-n3ccnc3-c3cccc(Oc4cccc(N5CN(c6c(C)cc(C)cc6C)c6ccccc65)c4)c3)c2)c(C)c1. The largest absolute Gasteiger partial charge is 0.457 e. The van der Waals surface area contributed by atoms with Crippen molar-refractivity contribution in [3.05, 3.63) is 167 Å². The van der Waals surface area contributed by atoms with Crippen molar-refractivity contribution in [2.75, 3.05) is 16.5 Å². The van der Waals surface area contributed by atoms with E-state index in [1.165, 1.54) is 61.6 Å². The summed E-state index contributed by atoms with van der Waals surface area (Å²) in [7, 11) is 0. The van der Waals surface area contributed by atoms with E-state index in [1.807, 2.05) is 30.6 Å². The standard InChI is InChI=1S/C46H42N4O/c1-30-22-32(3)44(33(4)23-30)36-12-9-14-38(26-36)48-21-20-47-46(48)37-13-10-16-40(27-37)51-41-17-11-15-39(28-41)49-29-50(43-19-8-7-18-42(43)49)45-34(5)24-31(2)25-35(45)6/h7-28H,29H2,1-6H3. The molecule has 252 valence electrons. The van der Waals surface area contributed by atoms with Gasteiger partial charge in [0.05, 0.1) is 11.4 Å². The van der Waals surface area contributed by atoms with Crippen LogP contribution in [0.25, 0.3) is 28.2 Å². The van der Waals surface area contributed by atoms with E-state index in [0.717, 1.165) is 40.9 Å². The van der Waals surface area contributed by atoms with Gasteiger partial charge in [-0.1, -0.05) is 77.9 Å². The first-order valence-electron chi connectivity index (χ1n) is 17.6. The van der Waals surface area contributed by atoms with E-state index in [4.69, 9.17) is 9.72 Å². The van der Waals surface area contributed by atoms with Gasteiger partial charge in [-0.2, -0.15) is 0 Å². The first kappa shape index (κ1) is 32.2. The van der Waals surface area contributed by atoms with Crippen LogP contribution in [0.15, 0.2) is 134 Å². The predicted octanol–water partition coefficient (Wildman–Crippen LogP) is 12.1. The molecule has 0 saturated heterocycles. The molecule has 1 aliphatic heterocycles. The summed E-state index contributed by atoms with van der Waals surface area (Å²) in [6.45, 7) is 13.8. The van der Waals surface area contributed by atoms with Crippen LogP contribution in [0.2, 0.25) is 0 Å². The van der Waals surface area contributed by atoms with E-state index >= 15 is 0 Å². The molecule has 51 heavy (non-hydrogen) atoms. The normalized spacial score (nSPS) is 12.4. The molecule has 6 aromatic carbocycles. The van der Waals surface area contributed by atoms with Gasteiger partial charge in [-0.25, -0.2) is 4.98 Å². The summed E-state index contributed by atoms with van der Waals surface area (Å²) in [5, 5.41) is 0. The van der Waals surface area contributed by atoms with Crippen LogP contribution in [0.4, 0.5) is 22.7 Å². The number of anilines is 4. The number of hydrogen-bond donors (Lipinski definition) is 0. The second-order valence-electron chi connectivity index (χ2n) is 13.8. The Balaban J connectivity index is 1.07. The molecule has 1 aromatic heterocycles. The zero-order valence-corrected chi connectivity index (χ0v) is 30.1. The highest BCUT2D eigenvalue weighted by molar-refractivity contribution is 5.88. The average molecular weight is 667 g/mol. The lowest BCUT2D eigenvalue weighted by atomic mass is 9.93. The van der Waals surface area contributed by atoms with Crippen LogP contribution >= 0.6 is 0 Å². The van der Waals surface area contributed by atoms with Gasteiger partial charge in [-0.3, -0.25) is 4.57 Å². The van der Waals surface area contributed by atoms with Gasteiger partial charge in [0.15, 0.2) is 0 Å². The third kappa shape index (κ3) is 6.06. The number of para-hydroxylation sites is 2. The molecule has 0 bridgehead atoms. The number of aryl methyl sites for hydroxylation is 6. The molecule has 5 heteroatoms. The molecule has 5 nitrogen and oxygen atoms in total. The van der Waals surface area contributed by atoms with Crippen LogP contribution in [-0.2, 0) is 0 Å². The maximum absolute atomic E-state index is 6.55. The van der Waals surface area contributed by atoms with Crippen LogP contribution in [0.1, 0.15) is 33.4 Å². The maximum Gasteiger partial charge on any atom is 0.144 e. The molecule has 0 N–H and O–H groups in total. The van der Waals surface area contributed by atoms with Crippen LogP contribution in [0.5, 0.6) is 11.5 Å². The number of aromatic nitrogens is 2. The second kappa shape index (κ2) is 13.0. The molecule has 0 radical (unpaired) electrons. The third-order valence-corrected chi connectivity index (χ3v) is 9.84. The first-order chi connectivity index (χ1) is 24.7. The lowest BCUT2D eigenvalue weighted by Gasteiger charge is -2.25. The van der Waals surface area contributed by atoms with Gasteiger partial charge in [-0.15, -0.1) is 0 Å². The summed E-state index contributed by atoms with van der Waals surface area (Å²) in [5.41, 5.74) is 17.0. The minimum Gasteiger partial charge on any atom is -0.457 e. The quantitative estimate of drug-likeness (QED) is 0.170. The molecule has 0 amide bonds. The fourth-order valence-corrected chi connectivity index (χ4v) is 7.95. The number of fused-ring (bicyclic) bond motifs is 1. The molecular weight excluding hydrogens is 625 g/mol. The van der Waals surface area contributed by atoms with E-state index in [2.05, 4.69) is 159 Å². The average Bonchev–Trinajstić information content (AvgIpc) is 3.74. The Morgan fingerprint density at radius 3 is 1.84 bits per heavy atom. The lowest BCUT2D eigenvalue weighted by Crippen LogP contribution is -2.25. The molecule has 0 unspecified atom stereocenters. The van der Waals surface area contributed by atoms with Crippen molar-refractivity contribution >= 4 is 22.7 Å². The molecule has 0 fully saturated rings. The zero-order valence-electron chi connectivity index (χ0n) is 30.1. The van der Waals surface area contributed by atoms with Crippen LogP contribution in [-0.4, -0.2) is 16.2 Å². The Labute approximate surface area is 301 Å². The summed E-state index contributed by atoms with van der Waals surface area (Å²) in [6, 6.07) is 43.0. The van der Waals surface area contributed by atoms with Crippen molar-refractivity contribution in [3.8, 4) is 39.7 Å². The van der Waals surface area contributed by atoms with E-state index in [1.54, 1.807) is 0 Å². The molecule has 0 atom stereocenters. The van der Waals surface area contributed by atoms with E-state index in [-0.39, 0.29) is 0 Å². The minimum absolute atomic E-state index is 0.718. The molecular formula is C46H42N4O.